The number of aromatic nitrogens is 1. The van der Waals surface area contributed by atoms with E-state index < -0.39 is 0 Å². The van der Waals surface area contributed by atoms with Crippen LogP contribution in [0.4, 0.5) is 5.69 Å². The Hall–Kier alpha value is -1.66. The summed E-state index contributed by atoms with van der Waals surface area (Å²) in [5.41, 5.74) is 0.538. The zero-order valence-corrected chi connectivity index (χ0v) is 14.6. The Labute approximate surface area is 137 Å². The van der Waals surface area contributed by atoms with Gasteiger partial charge in [-0.15, -0.1) is 0 Å². The predicted octanol–water partition coefficient (Wildman–Crippen LogP) is 1.46. The molecular formula is C17H27N3O3. The van der Waals surface area contributed by atoms with Gasteiger partial charge in [-0.3, -0.25) is 14.5 Å². The molecular weight excluding hydrogens is 294 g/mol. The van der Waals surface area contributed by atoms with Gasteiger partial charge in [-0.05, 0) is 25.8 Å². The molecule has 1 fully saturated rings. The van der Waals surface area contributed by atoms with Gasteiger partial charge in [0.2, 0.25) is 11.5 Å². The summed E-state index contributed by atoms with van der Waals surface area (Å²) in [7, 11) is 1.67. The molecule has 1 aromatic rings. The number of rotatable bonds is 4. The third-order valence-electron chi connectivity index (χ3n) is 4.09. The summed E-state index contributed by atoms with van der Waals surface area (Å²) in [4.78, 5) is 26.4. The molecule has 1 aliphatic rings. The first-order valence-electron chi connectivity index (χ1n) is 8.15. The Balaban J connectivity index is 2.14. The highest BCUT2D eigenvalue weighted by Crippen LogP contribution is 2.20. The predicted molar refractivity (Wildman–Crippen MR) is 90.5 cm³/mol. The number of morpholine rings is 1. The van der Waals surface area contributed by atoms with Gasteiger partial charge >= 0.3 is 0 Å². The first-order valence-corrected chi connectivity index (χ1v) is 8.15. The van der Waals surface area contributed by atoms with Crippen LogP contribution in [0.15, 0.2) is 23.1 Å². The molecule has 128 valence electrons. The lowest BCUT2D eigenvalue weighted by molar-refractivity contribution is -0.130. The third-order valence-corrected chi connectivity index (χ3v) is 4.09. The van der Waals surface area contributed by atoms with Crippen molar-refractivity contribution >= 4 is 11.6 Å². The van der Waals surface area contributed by atoms with E-state index in [-0.39, 0.29) is 35.6 Å². The van der Waals surface area contributed by atoms with Gasteiger partial charge in [-0.1, -0.05) is 13.8 Å². The van der Waals surface area contributed by atoms with Crippen molar-refractivity contribution in [1.82, 2.24) is 9.47 Å². The number of nitrogens with one attached hydrogen (secondary N) is 1. The molecule has 0 saturated carbocycles. The Kier molecular flexibility index (Phi) is 5.59. The number of anilines is 1. The summed E-state index contributed by atoms with van der Waals surface area (Å²) < 4.78 is 7.22. The van der Waals surface area contributed by atoms with Crippen molar-refractivity contribution in [1.29, 1.82) is 0 Å². The molecule has 0 radical (unpaired) electrons. The number of amides is 1. The number of aryl methyl sites for hydroxylation is 1. The molecule has 1 aliphatic heterocycles. The van der Waals surface area contributed by atoms with Gasteiger partial charge in [0.1, 0.15) is 0 Å². The van der Waals surface area contributed by atoms with Crippen molar-refractivity contribution in [2.24, 2.45) is 13.0 Å². The van der Waals surface area contributed by atoms with Gasteiger partial charge in [-0.2, -0.15) is 0 Å². The molecule has 0 aliphatic carbocycles. The lowest BCUT2D eigenvalue weighted by atomic mass is 9.99. The van der Waals surface area contributed by atoms with Crippen LogP contribution in [0.5, 0.6) is 0 Å². The van der Waals surface area contributed by atoms with Crippen LogP contribution in [0.1, 0.15) is 27.7 Å². The molecule has 6 nitrogen and oxygen atoms in total. The molecule has 1 amide bonds. The molecule has 2 rings (SSSR count). The molecule has 1 saturated heterocycles. The molecule has 0 spiro atoms. The molecule has 2 heterocycles. The van der Waals surface area contributed by atoms with Crippen LogP contribution in [0, 0.1) is 5.92 Å². The van der Waals surface area contributed by atoms with Crippen molar-refractivity contribution in [2.45, 2.75) is 45.9 Å². The van der Waals surface area contributed by atoms with E-state index in [1.807, 2.05) is 13.8 Å². The Morgan fingerprint density at radius 1 is 1.26 bits per heavy atom. The van der Waals surface area contributed by atoms with Gasteiger partial charge < -0.3 is 14.6 Å². The van der Waals surface area contributed by atoms with Gasteiger partial charge in [0.25, 0.3) is 0 Å². The molecule has 6 heteroatoms. The number of pyridine rings is 1. The van der Waals surface area contributed by atoms with E-state index in [1.54, 1.807) is 19.3 Å². The smallest absolute Gasteiger partial charge is 0.250 e. The Bertz CT molecular complexity index is 601. The second-order valence-corrected chi connectivity index (χ2v) is 6.76. The van der Waals surface area contributed by atoms with Crippen molar-refractivity contribution in [2.75, 3.05) is 18.4 Å². The number of nitrogens with zero attached hydrogens (tertiary/aromatic N) is 2. The highest BCUT2D eigenvalue weighted by molar-refractivity contribution is 5.94. The van der Waals surface area contributed by atoms with Crippen LogP contribution in [-0.4, -0.2) is 46.7 Å². The van der Waals surface area contributed by atoms with Crippen LogP contribution in [0.2, 0.25) is 0 Å². The van der Waals surface area contributed by atoms with Crippen molar-refractivity contribution in [3.8, 4) is 0 Å². The van der Waals surface area contributed by atoms with E-state index in [9.17, 15) is 9.59 Å². The first-order chi connectivity index (χ1) is 10.8. The third kappa shape index (κ3) is 4.42. The number of hydrogen-bond acceptors (Lipinski definition) is 4. The maximum absolute atomic E-state index is 12.8. The second kappa shape index (κ2) is 7.27. The maximum Gasteiger partial charge on any atom is 0.250 e. The van der Waals surface area contributed by atoms with Gasteiger partial charge in [0.05, 0.1) is 23.9 Å². The zero-order chi connectivity index (χ0) is 17.1. The average Bonchev–Trinajstić information content (AvgIpc) is 2.41. The van der Waals surface area contributed by atoms with E-state index in [1.165, 1.54) is 10.6 Å². The van der Waals surface area contributed by atoms with Crippen molar-refractivity contribution in [3.05, 3.63) is 28.7 Å². The summed E-state index contributed by atoms with van der Waals surface area (Å²) in [6, 6.07) is 2.88. The lowest BCUT2D eigenvalue weighted by Gasteiger charge is -2.41. The maximum atomic E-state index is 12.8. The number of carbonyl (C=O) groups excluding carboxylic acids is 1. The fraction of sp³-hybridized carbons (Fsp3) is 0.647. The van der Waals surface area contributed by atoms with Crippen molar-refractivity contribution in [3.63, 3.8) is 0 Å². The first kappa shape index (κ1) is 17.7. The Morgan fingerprint density at radius 3 is 2.39 bits per heavy atom. The minimum Gasteiger partial charge on any atom is -0.373 e. The molecule has 3 unspecified atom stereocenters. The fourth-order valence-corrected chi connectivity index (χ4v) is 3.22. The molecule has 1 N–H and O–H groups in total. The standard InChI is InChI=1S/C17H27N3O3/c1-11(2)16(20-8-12(3)23-13(4)9-20)17(22)18-14-6-7-15(21)19(5)10-14/h6-7,10-13,16H,8-9H2,1-5H3,(H,18,22). The van der Waals surface area contributed by atoms with E-state index in [4.69, 9.17) is 4.74 Å². The highest BCUT2D eigenvalue weighted by atomic mass is 16.5. The van der Waals surface area contributed by atoms with Crippen LogP contribution >= 0.6 is 0 Å². The van der Waals surface area contributed by atoms with Crippen LogP contribution < -0.4 is 10.9 Å². The normalized spacial score (nSPS) is 23.7. The quantitative estimate of drug-likeness (QED) is 0.912. The van der Waals surface area contributed by atoms with Crippen LogP contribution in [0.25, 0.3) is 0 Å². The van der Waals surface area contributed by atoms with E-state index in [0.29, 0.717) is 5.69 Å². The van der Waals surface area contributed by atoms with Crippen LogP contribution in [0.3, 0.4) is 0 Å². The largest absolute Gasteiger partial charge is 0.373 e. The minimum absolute atomic E-state index is 0.0417. The molecule has 1 aromatic heterocycles. The SMILES string of the molecule is CC1CN(C(C(=O)Nc2ccc(=O)n(C)c2)C(C)C)CC(C)O1. The van der Waals surface area contributed by atoms with Gasteiger partial charge in [0, 0.05) is 32.4 Å². The summed E-state index contributed by atoms with van der Waals surface area (Å²) >= 11 is 0. The summed E-state index contributed by atoms with van der Waals surface area (Å²) in [6.07, 6.45) is 1.87. The summed E-state index contributed by atoms with van der Waals surface area (Å²) in [5.74, 6) is 0.139. The summed E-state index contributed by atoms with van der Waals surface area (Å²) in [6.45, 7) is 9.66. The second-order valence-electron chi connectivity index (χ2n) is 6.76. The van der Waals surface area contributed by atoms with Gasteiger partial charge in [0.15, 0.2) is 0 Å². The number of ether oxygens (including phenoxy) is 1. The molecule has 0 aromatic carbocycles. The Morgan fingerprint density at radius 2 is 1.87 bits per heavy atom. The highest BCUT2D eigenvalue weighted by Gasteiger charge is 2.34. The number of hydrogen-bond donors (Lipinski definition) is 1. The molecule has 23 heavy (non-hydrogen) atoms. The lowest BCUT2D eigenvalue weighted by Crippen LogP contribution is -2.55. The number of carbonyl (C=O) groups is 1. The van der Waals surface area contributed by atoms with Crippen molar-refractivity contribution < 1.29 is 9.53 Å². The zero-order valence-electron chi connectivity index (χ0n) is 14.6. The fourth-order valence-electron chi connectivity index (χ4n) is 3.22. The summed E-state index contributed by atoms with van der Waals surface area (Å²) in [5, 5.41) is 2.94. The topological polar surface area (TPSA) is 63.6 Å². The van der Waals surface area contributed by atoms with Gasteiger partial charge in [-0.25, -0.2) is 0 Å². The van der Waals surface area contributed by atoms with E-state index >= 15 is 0 Å². The minimum atomic E-state index is -0.221. The van der Waals surface area contributed by atoms with Crippen LogP contribution in [-0.2, 0) is 16.6 Å². The molecule has 3 atom stereocenters. The monoisotopic (exact) mass is 321 g/mol. The van der Waals surface area contributed by atoms with E-state index in [0.717, 1.165) is 13.1 Å². The van der Waals surface area contributed by atoms with E-state index in [2.05, 4.69) is 24.1 Å². The average molecular weight is 321 g/mol. The molecule has 0 bridgehead atoms.